The van der Waals surface area contributed by atoms with Crippen molar-refractivity contribution in [3.05, 3.63) is 29.8 Å². The second-order valence-corrected chi connectivity index (χ2v) is 9.16. The third-order valence-electron chi connectivity index (χ3n) is 2.72. The van der Waals surface area contributed by atoms with Gasteiger partial charge in [0.05, 0.1) is 8.07 Å². The maximum atomic E-state index is 2.43. The van der Waals surface area contributed by atoms with Gasteiger partial charge in [-0.1, -0.05) is 61.1 Å². The van der Waals surface area contributed by atoms with E-state index in [4.69, 9.17) is 0 Å². The first-order chi connectivity index (χ1) is 5.56. The Morgan fingerprint density at radius 1 is 1.08 bits per heavy atom. The normalized spacial score (nSPS) is 11.7. The Kier molecular flexibility index (Phi) is 2.73. The van der Waals surface area contributed by atoms with Crippen LogP contribution in [0.5, 0.6) is 0 Å². The van der Waals surface area contributed by atoms with E-state index in [2.05, 4.69) is 51.2 Å². The molecule has 0 aliphatic carbocycles. The average molecular weight is 178 g/mol. The molecule has 0 atom stereocenters. The number of hydrogen-bond acceptors (Lipinski definition) is 0. The summed E-state index contributed by atoms with van der Waals surface area (Å²) in [5.41, 5.74) is 1.36. The van der Waals surface area contributed by atoms with Crippen LogP contribution in [0.15, 0.2) is 24.3 Å². The zero-order valence-electron chi connectivity index (χ0n) is 8.52. The van der Waals surface area contributed by atoms with Crippen LogP contribution in [0.1, 0.15) is 12.5 Å². The second kappa shape index (κ2) is 3.44. The van der Waals surface area contributed by atoms with Gasteiger partial charge in [-0.05, 0) is 6.92 Å². The van der Waals surface area contributed by atoms with Crippen LogP contribution in [-0.4, -0.2) is 8.07 Å². The van der Waals surface area contributed by atoms with E-state index in [1.807, 2.05) is 0 Å². The highest BCUT2D eigenvalue weighted by molar-refractivity contribution is 6.89. The first kappa shape index (κ1) is 9.52. The Morgan fingerprint density at radius 2 is 1.58 bits per heavy atom. The first-order valence-corrected chi connectivity index (χ1v) is 7.84. The molecule has 0 unspecified atom stereocenters. The molecule has 0 spiro atoms. The summed E-state index contributed by atoms with van der Waals surface area (Å²) in [5.74, 6) is 0. The maximum absolute atomic E-state index is 2.43. The first-order valence-electron chi connectivity index (χ1n) is 4.63. The minimum absolute atomic E-state index is 1.08. The van der Waals surface area contributed by atoms with Crippen molar-refractivity contribution in [3.8, 4) is 0 Å². The smallest absolute Gasteiger partial charge is 0.0675 e. The van der Waals surface area contributed by atoms with Crippen LogP contribution >= 0.6 is 0 Å². The molecule has 0 radical (unpaired) electrons. The molecule has 0 aromatic heterocycles. The summed E-state index contributed by atoms with van der Waals surface area (Å²) < 4.78 is 0. The van der Waals surface area contributed by atoms with Crippen molar-refractivity contribution in [2.24, 2.45) is 0 Å². The van der Waals surface area contributed by atoms with Crippen LogP contribution in [0, 0.1) is 6.92 Å². The van der Waals surface area contributed by atoms with E-state index in [0.717, 1.165) is 0 Å². The Morgan fingerprint density at radius 3 is 2.00 bits per heavy atom. The van der Waals surface area contributed by atoms with Gasteiger partial charge >= 0.3 is 0 Å². The Balaban J connectivity index is 2.96. The van der Waals surface area contributed by atoms with Gasteiger partial charge < -0.3 is 0 Å². The molecule has 0 fully saturated rings. The van der Waals surface area contributed by atoms with E-state index in [9.17, 15) is 0 Å². The highest BCUT2D eigenvalue weighted by atomic mass is 28.3. The molecule has 1 aromatic carbocycles. The molecule has 0 heterocycles. The molecule has 12 heavy (non-hydrogen) atoms. The molecule has 0 saturated heterocycles. The van der Waals surface area contributed by atoms with Crippen LogP contribution in [0.4, 0.5) is 0 Å². The van der Waals surface area contributed by atoms with Gasteiger partial charge in [0.1, 0.15) is 0 Å². The van der Waals surface area contributed by atoms with E-state index >= 15 is 0 Å². The molecule has 1 aromatic rings. The van der Waals surface area contributed by atoms with E-state index in [-0.39, 0.29) is 0 Å². The quantitative estimate of drug-likeness (QED) is 0.611. The van der Waals surface area contributed by atoms with E-state index in [1.165, 1.54) is 11.6 Å². The number of hydrogen-bond donors (Lipinski definition) is 0. The minimum atomic E-state index is -1.08. The van der Waals surface area contributed by atoms with Gasteiger partial charge in [-0.3, -0.25) is 0 Å². The summed E-state index contributed by atoms with van der Waals surface area (Å²) >= 11 is 0. The molecule has 0 bridgehead atoms. The standard InChI is InChI=1S/C11H18Si/c1-5-12(3,4)11-8-6-10(2)7-9-11/h6-9H,5H2,1-4H3. The van der Waals surface area contributed by atoms with Crippen molar-refractivity contribution < 1.29 is 0 Å². The summed E-state index contributed by atoms with van der Waals surface area (Å²) in [6, 6.07) is 10.4. The largest absolute Gasteiger partial charge is 0.0803 e. The number of rotatable bonds is 2. The molecular formula is C11H18Si. The predicted octanol–water partition coefficient (Wildman–Crippen LogP) is 2.93. The van der Waals surface area contributed by atoms with Crippen LogP contribution in [-0.2, 0) is 0 Å². The molecule has 0 nitrogen and oxygen atoms in total. The van der Waals surface area contributed by atoms with Gasteiger partial charge in [0.15, 0.2) is 0 Å². The average Bonchev–Trinajstić information content (AvgIpc) is 2.05. The fraction of sp³-hybridized carbons (Fsp3) is 0.455. The molecule has 0 N–H and O–H groups in total. The summed E-state index contributed by atoms with van der Waals surface area (Å²) in [6.45, 7) is 9.30. The zero-order valence-corrected chi connectivity index (χ0v) is 9.52. The van der Waals surface area contributed by atoms with Crippen molar-refractivity contribution in [1.82, 2.24) is 0 Å². The Bertz CT molecular complexity index is 246. The lowest BCUT2D eigenvalue weighted by Crippen LogP contribution is -2.40. The SMILES string of the molecule is CC[Si](C)(C)c1ccc(C)cc1. The van der Waals surface area contributed by atoms with E-state index in [1.54, 1.807) is 5.19 Å². The fourth-order valence-corrected chi connectivity index (χ4v) is 2.69. The third kappa shape index (κ3) is 1.98. The van der Waals surface area contributed by atoms with Crippen LogP contribution in [0.25, 0.3) is 0 Å². The molecule has 1 heteroatoms. The lowest BCUT2D eigenvalue weighted by molar-refractivity contribution is 1.37. The van der Waals surface area contributed by atoms with Crippen LogP contribution < -0.4 is 5.19 Å². The lowest BCUT2D eigenvalue weighted by Gasteiger charge is -2.20. The zero-order chi connectivity index (χ0) is 9.19. The molecular weight excluding hydrogens is 160 g/mol. The number of benzene rings is 1. The lowest BCUT2D eigenvalue weighted by atomic mass is 10.2. The van der Waals surface area contributed by atoms with Gasteiger partial charge in [-0.15, -0.1) is 0 Å². The highest BCUT2D eigenvalue weighted by Gasteiger charge is 2.19. The second-order valence-electron chi connectivity index (χ2n) is 4.10. The highest BCUT2D eigenvalue weighted by Crippen LogP contribution is 2.09. The molecule has 66 valence electrons. The predicted molar refractivity (Wildman–Crippen MR) is 58.8 cm³/mol. The van der Waals surface area contributed by atoms with E-state index < -0.39 is 8.07 Å². The summed E-state index contributed by atoms with van der Waals surface area (Å²) in [6.07, 6.45) is 0. The van der Waals surface area contributed by atoms with Gasteiger partial charge in [0.25, 0.3) is 0 Å². The van der Waals surface area contributed by atoms with Crippen molar-refractivity contribution in [1.29, 1.82) is 0 Å². The van der Waals surface area contributed by atoms with Crippen LogP contribution in [0.3, 0.4) is 0 Å². The van der Waals surface area contributed by atoms with Crippen molar-refractivity contribution in [2.75, 3.05) is 0 Å². The van der Waals surface area contributed by atoms with Gasteiger partial charge in [0.2, 0.25) is 0 Å². The fourth-order valence-electron chi connectivity index (χ4n) is 1.21. The Labute approximate surface area is 76.6 Å². The van der Waals surface area contributed by atoms with E-state index in [0.29, 0.717) is 0 Å². The molecule has 1 rings (SSSR count). The number of aryl methyl sites for hydroxylation is 1. The van der Waals surface area contributed by atoms with Crippen molar-refractivity contribution in [3.63, 3.8) is 0 Å². The van der Waals surface area contributed by atoms with Crippen molar-refractivity contribution in [2.45, 2.75) is 33.0 Å². The monoisotopic (exact) mass is 178 g/mol. The van der Waals surface area contributed by atoms with Gasteiger partial charge in [0, 0.05) is 0 Å². The third-order valence-corrected chi connectivity index (χ3v) is 6.38. The summed E-state index contributed by atoms with van der Waals surface area (Å²) in [4.78, 5) is 0. The maximum Gasteiger partial charge on any atom is 0.0803 e. The van der Waals surface area contributed by atoms with Gasteiger partial charge in [-0.2, -0.15) is 0 Å². The summed E-state index contributed by atoms with van der Waals surface area (Å²) in [5, 5.41) is 1.58. The van der Waals surface area contributed by atoms with Crippen molar-refractivity contribution >= 4 is 13.3 Å². The van der Waals surface area contributed by atoms with Gasteiger partial charge in [-0.25, -0.2) is 0 Å². The van der Waals surface area contributed by atoms with Crippen LogP contribution in [0.2, 0.25) is 19.1 Å². The molecule has 0 amide bonds. The molecule has 0 aliphatic heterocycles. The summed E-state index contributed by atoms with van der Waals surface area (Å²) in [7, 11) is -1.08. The minimum Gasteiger partial charge on any atom is -0.0675 e. The molecule has 0 saturated carbocycles. The molecule has 0 aliphatic rings. The Hall–Kier alpha value is -0.563. The topological polar surface area (TPSA) is 0 Å².